The molecule has 0 saturated carbocycles. The van der Waals surface area contributed by atoms with Gasteiger partial charge in [-0.2, -0.15) is 0 Å². The molecule has 0 nitrogen and oxygen atoms in total. The summed E-state index contributed by atoms with van der Waals surface area (Å²) in [6, 6.07) is 4.87. The quantitative estimate of drug-likeness (QED) is 0.392. The molecule has 2 atom stereocenters. The van der Waals surface area contributed by atoms with Crippen LogP contribution in [-0.2, 0) is 0 Å². The minimum Gasteiger partial charge on any atom is -0.0819 e. The molecule has 2 aromatic rings. The van der Waals surface area contributed by atoms with Gasteiger partial charge < -0.3 is 0 Å². The third kappa shape index (κ3) is 4.54. The molecular weight excluding hydrogens is 454 g/mol. The van der Waals surface area contributed by atoms with E-state index < -0.39 is 24.9 Å². The molecular formula is C29H49B2Si3. The van der Waals surface area contributed by atoms with E-state index in [1.54, 1.807) is 33.2 Å². The van der Waals surface area contributed by atoms with Crippen LogP contribution in [0.5, 0.6) is 0 Å². The number of rotatable bonds is 4. The SMILES string of the molecule is Cc1cc(C)c(C)c(B2B(c3c(C)c(C)cc(C)c3C)[C@@H]([Si](C)(C)C)[Si](C)[C@@H]2[Si](C)(C)C)c1C. The second kappa shape index (κ2) is 9.27. The monoisotopic (exact) mass is 503 g/mol. The van der Waals surface area contributed by atoms with Gasteiger partial charge in [0.15, 0.2) is 0 Å². The van der Waals surface area contributed by atoms with Crippen molar-refractivity contribution in [2.24, 2.45) is 0 Å². The van der Waals surface area contributed by atoms with E-state index in [1.165, 1.54) is 22.3 Å². The van der Waals surface area contributed by atoms with Crippen LogP contribution in [0.1, 0.15) is 44.5 Å². The maximum atomic E-state index is 2.75. The van der Waals surface area contributed by atoms with Crippen LogP contribution >= 0.6 is 0 Å². The molecule has 1 heterocycles. The molecule has 34 heavy (non-hydrogen) atoms. The van der Waals surface area contributed by atoms with Gasteiger partial charge in [0.05, 0.1) is 0 Å². The van der Waals surface area contributed by atoms with Crippen LogP contribution in [0.15, 0.2) is 12.1 Å². The minimum absolute atomic E-state index is 0.532. The van der Waals surface area contributed by atoms with Gasteiger partial charge in [-0.05, 0) is 77.6 Å². The zero-order valence-corrected chi connectivity index (χ0v) is 28.0. The molecule has 0 N–H and O–H groups in total. The van der Waals surface area contributed by atoms with Gasteiger partial charge in [0.1, 0.15) is 13.2 Å². The second-order valence-electron chi connectivity index (χ2n) is 13.8. The fraction of sp³-hybridized carbons (Fsp3) is 0.586. The lowest BCUT2D eigenvalue weighted by Crippen LogP contribution is -2.60. The molecule has 183 valence electrons. The largest absolute Gasteiger partial charge is 0.149 e. The molecule has 1 aliphatic heterocycles. The lowest BCUT2D eigenvalue weighted by Gasteiger charge is -2.37. The summed E-state index contributed by atoms with van der Waals surface area (Å²) in [6.45, 7) is 39.3. The van der Waals surface area contributed by atoms with E-state index in [0.717, 1.165) is 10.1 Å². The van der Waals surface area contributed by atoms with E-state index in [1.807, 2.05) is 0 Å². The van der Waals surface area contributed by atoms with E-state index >= 15 is 0 Å². The van der Waals surface area contributed by atoms with E-state index in [9.17, 15) is 0 Å². The van der Waals surface area contributed by atoms with Gasteiger partial charge in [-0.3, -0.25) is 0 Å². The Balaban J connectivity index is 2.53. The van der Waals surface area contributed by atoms with Crippen molar-refractivity contribution in [3.63, 3.8) is 0 Å². The average molecular weight is 504 g/mol. The summed E-state index contributed by atoms with van der Waals surface area (Å²) in [4.78, 5) is 0. The molecule has 0 amide bonds. The molecule has 1 fully saturated rings. The maximum absolute atomic E-state index is 2.75. The van der Waals surface area contributed by atoms with Crippen LogP contribution in [0.25, 0.3) is 0 Å². The first-order chi connectivity index (χ1) is 15.4. The first-order valence-corrected chi connectivity index (χ1v) is 22.7. The van der Waals surface area contributed by atoms with Gasteiger partial charge in [0, 0.05) is 24.9 Å². The first-order valence-electron chi connectivity index (χ1n) is 13.4. The van der Waals surface area contributed by atoms with Crippen molar-refractivity contribution >= 4 is 49.1 Å². The Morgan fingerprint density at radius 3 is 0.971 bits per heavy atom. The highest BCUT2D eigenvalue weighted by atomic mass is 28.4. The average Bonchev–Trinajstić information content (AvgIpc) is 2.98. The van der Waals surface area contributed by atoms with E-state index in [2.05, 4.69) is 113 Å². The Morgan fingerprint density at radius 1 is 0.529 bits per heavy atom. The summed E-state index contributed by atoms with van der Waals surface area (Å²) in [5.74, 6) is 0. The molecule has 0 aromatic heterocycles. The number of hydrogen-bond donors (Lipinski definition) is 0. The normalized spacial score (nSPS) is 20.0. The number of hydrogen-bond acceptors (Lipinski definition) is 0. The Bertz CT molecular complexity index is 968. The fourth-order valence-electron chi connectivity index (χ4n) is 7.81. The molecule has 1 aliphatic rings. The molecule has 3 rings (SSSR count). The summed E-state index contributed by atoms with van der Waals surface area (Å²) in [6.07, 6.45) is 0. The highest BCUT2D eigenvalue weighted by molar-refractivity contribution is 7.48. The third-order valence-corrected chi connectivity index (χ3v) is 24.5. The predicted octanol–water partition coefficient (Wildman–Crippen LogP) is 7.05. The highest BCUT2D eigenvalue weighted by Crippen LogP contribution is 2.47. The van der Waals surface area contributed by atoms with Crippen molar-refractivity contribution < 1.29 is 0 Å². The van der Waals surface area contributed by atoms with Crippen LogP contribution in [0.3, 0.4) is 0 Å². The zero-order valence-electron chi connectivity index (χ0n) is 25.0. The number of benzene rings is 2. The van der Waals surface area contributed by atoms with Crippen LogP contribution in [0.2, 0.25) is 56.0 Å². The molecule has 2 aromatic carbocycles. The topological polar surface area (TPSA) is 0 Å². The lowest BCUT2D eigenvalue weighted by atomic mass is 9.05. The van der Waals surface area contributed by atoms with Crippen LogP contribution in [0.4, 0.5) is 0 Å². The molecule has 1 radical (unpaired) electrons. The molecule has 0 unspecified atom stereocenters. The van der Waals surface area contributed by atoms with E-state index in [-0.39, 0.29) is 0 Å². The first kappa shape index (κ1) is 27.8. The van der Waals surface area contributed by atoms with Crippen molar-refractivity contribution in [2.75, 3.05) is 0 Å². The third-order valence-electron chi connectivity index (χ3n) is 9.47. The Morgan fingerprint density at radius 2 is 0.765 bits per heavy atom. The maximum Gasteiger partial charge on any atom is 0.149 e. The molecule has 1 saturated heterocycles. The van der Waals surface area contributed by atoms with E-state index in [4.69, 9.17) is 0 Å². The molecule has 0 aliphatic carbocycles. The van der Waals surface area contributed by atoms with Crippen LogP contribution < -0.4 is 10.9 Å². The minimum atomic E-state index is -1.40. The Labute approximate surface area is 216 Å². The molecule has 0 spiro atoms. The lowest BCUT2D eigenvalue weighted by molar-refractivity contribution is 1.26. The predicted molar refractivity (Wildman–Crippen MR) is 167 cm³/mol. The second-order valence-corrected chi connectivity index (χ2v) is 28.4. The summed E-state index contributed by atoms with van der Waals surface area (Å²) in [7, 11) is -3.34. The Hall–Kier alpha value is -0.779. The van der Waals surface area contributed by atoms with Crippen LogP contribution in [-0.4, -0.2) is 38.2 Å². The summed E-state index contributed by atoms with van der Waals surface area (Å²) < 4.78 is 0. The van der Waals surface area contributed by atoms with Gasteiger partial charge in [0.2, 0.25) is 0 Å². The van der Waals surface area contributed by atoms with Crippen molar-refractivity contribution in [2.45, 2.75) is 111 Å². The highest BCUT2D eigenvalue weighted by Gasteiger charge is 2.61. The van der Waals surface area contributed by atoms with E-state index in [0.29, 0.717) is 13.2 Å². The molecule has 0 bridgehead atoms. The van der Waals surface area contributed by atoms with Gasteiger partial charge in [0.25, 0.3) is 0 Å². The summed E-state index contributed by atoms with van der Waals surface area (Å²) in [5, 5.41) is 1.80. The smallest absolute Gasteiger partial charge is 0.0819 e. The van der Waals surface area contributed by atoms with Gasteiger partial charge in [-0.1, -0.05) is 101 Å². The van der Waals surface area contributed by atoms with Crippen molar-refractivity contribution in [3.05, 3.63) is 56.6 Å². The summed E-state index contributed by atoms with van der Waals surface area (Å²) >= 11 is 0. The zero-order chi connectivity index (χ0) is 26.1. The van der Waals surface area contributed by atoms with Crippen molar-refractivity contribution in [1.82, 2.24) is 0 Å². The Kier molecular flexibility index (Phi) is 7.58. The van der Waals surface area contributed by atoms with Gasteiger partial charge in [-0.15, -0.1) is 0 Å². The van der Waals surface area contributed by atoms with Gasteiger partial charge in [-0.25, -0.2) is 0 Å². The van der Waals surface area contributed by atoms with Crippen molar-refractivity contribution in [1.29, 1.82) is 0 Å². The molecule has 5 heteroatoms. The van der Waals surface area contributed by atoms with Crippen LogP contribution in [0, 0.1) is 55.4 Å². The fourth-order valence-corrected chi connectivity index (χ4v) is 25.5. The van der Waals surface area contributed by atoms with Crippen molar-refractivity contribution in [3.8, 4) is 0 Å². The van der Waals surface area contributed by atoms with Gasteiger partial charge >= 0.3 is 0 Å². The standard InChI is InChI=1S/C29H49B2Si3/c1-18-16-19(2)23(6)26(22(18)5)30-28(33(10,11)12)32(9)29(34(13,14)15)31(30)27-24(7)20(3)17-21(4)25(27)8/h16-17,28-29H,1-15H3/t28-,29-/m1/s1. The summed E-state index contributed by atoms with van der Waals surface area (Å²) in [5.41, 5.74) is 15.7. The number of aryl methyl sites for hydroxylation is 4.